The van der Waals surface area contributed by atoms with Crippen molar-refractivity contribution in [1.82, 2.24) is 14.5 Å². The number of nitrogens with one attached hydrogen (secondary N) is 1. The summed E-state index contributed by atoms with van der Waals surface area (Å²) in [5.74, 6) is -0.141. The lowest BCUT2D eigenvalue weighted by atomic mass is 10.2. The molecular weight excluding hydrogens is 388 g/mol. The largest absolute Gasteiger partial charge is 0.464 e. The van der Waals surface area contributed by atoms with Crippen molar-refractivity contribution in [2.75, 3.05) is 12.4 Å². The molecule has 0 unspecified atom stereocenters. The van der Waals surface area contributed by atoms with Crippen molar-refractivity contribution in [3.63, 3.8) is 0 Å². The Morgan fingerprint density at radius 1 is 1.22 bits per heavy atom. The number of rotatable bonds is 3. The van der Waals surface area contributed by atoms with Crippen molar-refractivity contribution < 1.29 is 14.3 Å². The van der Waals surface area contributed by atoms with Gasteiger partial charge in [-0.05, 0) is 25.8 Å². The highest BCUT2D eigenvalue weighted by Crippen LogP contribution is 2.30. The molecule has 4 heterocycles. The van der Waals surface area contributed by atoms with Crippen LogP contribution in [-0.2, 0) is 17.7 Å². The van der Waals surface area contributed by atoms with Crippen LogP contribution in [0, 0.1) is 13.8 Å². The van der Waals surface area contributed by atoms with Gasteiger partial charge in [-0.1, -0.05) is 0 Å². The summed E-state index contributed by atoms with van der Waals surface area (Å²) >= 11 is 2.40. The first kappa shape index (κ1) is 17.8. The standard InChI is InChI=1S/C17H16N4O4S2/c1-7-10-14(18-9-5-4-6-21(9)15(10)23)27-12(7)13(22)20-17-19-11(8(2)26-17)16(24)25-3/h4-6H2,1-3H3,(H,19,20,22). The van der Waals surface area contributed by atoms with Crippen LogP contribution in [0.5, 0.6) is 0 Å². The number of nitrogens with zero attached hydrogens (tertiary/aromatic N) is 3. The van der Waals surface area contributed by atoms with Gasteiger partial charge in [-0.3, -0.25) is 19.5 Å². The van der Waals surface area contributed by atoms with Crippen LogP contribution < -0.4 is 10.9 Å². The van der Waals surface area contributed by atoms with Gasteiger partial charge in [0, 0.05) is 17.8 Å². The van der Waals surface area contributed by atoms with Gasteiger partial charge in [0.1, 0.15) is 10.7 Å². The first-order valence-corrected chi connectivity index (χ1v) is 9.94. The van der Waals surface area contributed by atoms with Gasteiger partial charge in [0.25, 0.3) is 11.5 Å². The Kier molecular flexibility index (Phi) is 4.31. The van der Waals surface area contributed by atoms with Gasteiger partial charge in [-0.15, -0.1) is 22.7 Å². The molecule has 0 atom stereocenters. The zero-order valence-corrected chi connectivity index (χ0v) is 16.5. The molecule has 0 spiro atoms. The number of esters is 1. The van der Waals surface area contributed by atoms with E-state index >= 15 is 0 Å². The third-order valence-corrected chi connectivity index (χ3v) is 6.58. The van der Waals surface area contributed by atoms with Crippen molar-refractivity contribution in [2.24, 2.45) is 0 Å². The third-order valence-electron chi connectivity index (χ3n) is 4.51. The van der Waals surface area contributed by atoms with E-state index in [-0.39, 0.29) is 17.2 Å². The molecule has 0 saturated carbocycles. The molecular formula is C17H16N4O4S2. The summed E-state index contributed by atoms with van der Waals surface area (Å²) in [6.45, 7) is 4.16. The molecule has 0 aliphatic carbocycles. The molecule has 0 radical (unpaired) electrons. The number of thiazole rings is 1. The summed E-state index contributed by atoms with van der Waals surface area (Å²) in [5.41, 5.74) is 0.717. The molecule has 10 heteroatoms. The molecule has 0 saturated heterocycles. The van der Waals surface area contributed by atoms with Crippen LogP contribution in [-0.4, -0.2) is 33.5 Å². The molecule has 3 aromatic heterocycles. The van der Waals surface area contributed by atoms with Crippen LogP contribution in [0.4, 0.5) is 5.13 Å². The van der Waals surface area contributed by atoms with E-state index in [0.29, 0.717) is 37.2 Å². The molecule has 1 amide bonds. The molecule has 1 aliphatic rings. The molecule has 1 N–H and O–H groups in total. The number of hydrogen-bond acceptors (Lipinski definition) is 8. The van der Waals surface area contributed by atoms with E-state index in [4.69, 9.17) is 0 Å². The maximum atomic E-state index is 12.7. The fourth-order valence-electron chi connectivity index (χ4n) is 3.18. The fourth-order valence-corrected chi connectivity index (χ4v) is 5.06. The van der Waals surface area contributed by atoms with Crippen molar-refractivity contribution in [2.45, 2.75) is 33.2 Å². The molecule has 4 rings (SSSR count). The van der Waals surface area contributed by atoms with Gasteiger partial charge < -0.3 is 4.74 Å². The van der Waals surface area contributed by atoms with E-state index in [1.54, 1.807) is 18.4 Å². The summed E-state index contributed by atoms with van der Waals surface area (Å²) in [5, 5.41) is 3.52. The smallest absolute Gasteiger partial charge is 0.357 e. The van der Waals surface area contributed by atoms with E-state index in [1.807, 2.05) is 0 Å². The summed E-state index contributed by atoms with van der Waals surface area (Å²) in [6.07, 6.45) is 1.69. The molecule has 140 valence electrons. The SMILES string of the molecule is COC(=O)c1nc(NC(=O)c2sc3nc4n(c(=O)c3c2C)CCC4)sc1C. The number of aryl methyl sites for hydroxylation is 3. The third kappa shape index (κ3) is 2.85. The Bertz CT molecular complexity index is 1160. The molecule has 27 heavy (non-hydrogen) atoms. The summed E-state index contributed by atoms with van der Waals surface area (Å²) in [7, 11) is 1.28. The highest BCUT2D eigenvalue weighted by atomic mass is 32.1. The lowest BCUT2D eigenvalue weighted by Gasteiger charge is -2.02. The zero-order valence-electron chi connectivity index (χ0n) is 14.9. The fraction of sp³-hybridized carbons (Fsp3) is 0.353. The Labute approximate surface area is 161 Å². The molecule has 3 aromatic rings. The summed E-state index contributed by atoms with van der Waals surface area (Å²) < 4.78 is 6.37. The van der Waals surface area contributed by atoms with E-state index in [9.17, 15) is 14.4 Å². The van der Waals surface area contributed by atoms with Crippen LogP contribution in [0.3, 0.4) is 0 Å². The maximum absolute atomic E-state index is 12.7. The minimum atomic E-state index is -0.547. The van der Waals surface area contributed by atoms with E-state index in [2.05, 4.69) is 20.0 Å². The highest BCUT2D eigenvalue weighted by Gasteiger charge is 2.24. The number of carbonyl (C=O) groups is 2. The van der Waals surface area contributed by atoms with Crippen molar-refractivity contribution in [3.8, 4) is 0 Å². The summed E-state index contributed by atoms with van der Waals surface area (Å²) in [4.78, 5) is 47.5. The number of carbonyl (C=O) groups excluding carboxylic acids is 2. The minimum absolute atomic E-state index is 0.0848. The Balaban J connectivity index is 1.70. The van der Waals surface area contributed by atoms with Crippen molar-refractivity contribution in [3.05, 3.63) is 37.2 Å². The van der Waals surface area contributed by atoms with Gasteiger partial charge in [0.05, 0.1) is 17.4 Å². The normalized spacial score (nSPS) is 13.0. The van der Waals surface area contributed by atoms with E-state index in [1.165, 1.54) is 29.8 Å². The number of hydrogen-bond donors (Lipinski definition) is 1. The Morgan fingerprint density at radius 3 is 2.74 bits per heavy atom. The average molecular weight is 404 g/mol. The lowest BCUT2D eigenvalue weighted by molar-refractivity contribution is 0.0594. The Morgan fingerprint density at radius 2 is 2.00 bits per heavy atom. The number of ether oxygens (including phenoxy) is 1. The number of methoxy groups -OCH3 is 1. The van der Waals surface area contributed by atoms with Gasteiger partial charge in [0.15, 0.2) is 10.8 Å². The second-order valence-electron chi connectivity index (χ2n) is 6.19. The van der Waals surface area contributed by atoms with Crippen LogP contribution in [0.2, 0.25) is 0 Å². The van der Waals surface area contributed by atoms with Crippen LogP contribution in [0.1, 0.15) is 42.8 Å². The van der Waals surface area contributed by atoms with Crippen LogP contribution in [0.15, 0.2) is 4.79 Å². The van der Waals surface area contributed by atoms with E-state index < -0.39 is 5.97 Å². The first-order chi connectivity index (χ1) is 12.9. The first-order valence-electron chi connectivity index (χ1n) is 8.30. The number of thiophene rings is 1. The average Bonchev–Trinajstić information content (AvgIpc) is 3.32. The summed E-state index contributed by atoms with van der Waals surface area (Å²) in [6, 6.07) is 0. The molecule has 8 nitrogen and oxygen atoms in total. The van der Waals surface area contributed by atoms with Gasteiger partial charge in [-0.2, -0.15) is 0 Å². The highest BCUT2D eigenvalue weighted by molar-refractivity contribution is 7.21. The maximum Gasteiger partial charge on any atom is 0.357 e. The quantitative estimate of drug-likeness (QED) is 0.673. The second-order valence-corrected chi connectivity index (χ2v) is 8.40. The predicted molar refractivity (Wildman–Crippen MR) is 103 cm³/mol. The lowest BCUT2D eigenvalue weighted by Crippen LogP contribution is -2.20. The van der Waals surface area contributed by atoms with E-state index in [0.717, 1.165) is 18.7 Å². The number of aromatic nitrogens is 3. The molecule has 1 aliphatic heterocycles. The zero-order chi connectivity index (χ0) is 19.3. The topological polar surface area (TPSA) is 103 Å². The van der Waals surface area contributed by atoms with Gasteiger partial charge >= 0.3 is 5.97 Å². The Hall–Kier alpha value is -2.59. The van der Waals surface area contributed by atoms with Gasteiger partial charge in [0.2, 0.25) is 0 Å². The number of amides is 1. The van der Waals surface area contributed by atoms with Crippen LogP contribution in [0.25, 0.3) is 10.2 Å². The van der Waals surface area contributed by atoms with Crippen molar-refractivity contribution >= 4 is 49.9 Å². The van der Waals surface area contributed by atoms with Crippen molar-refractivity contribution in [1.29, 1.82) is 0 Å². The van der Waals surface area contributed by atoms with Gasteiger partial charge in [-0.25, -0.2) is 14.8 Å². The number of fused-ring (bicyclic) bond motifs is 2. The minimum Gasteiger partial charge on any atom is -0.464 e. The second kappa shape index (κ2) is 6.54. The molecule has 0 aromatic carbocycles. The van der Waals surface area contributed by atoms with Crippen LogP contribution >= 0.6 is 22.7 Å². The predicted octanol–water partition coefficient (Wildman–Crippen LogP) is 2.52. The monoisotopic (exact) mass is 404 g/mol. The molecule has 0 bridgehead atoms. The number of anilines is 1. The molecule has 0 fully saturated rings.